The molecule has 0 fully saturated rings. The number of rotatable bonds is 2. The molecule has 94 valence electrons. The van der Waals surface area contributed by atoms with Crippen molar-refractivity contribution in [2.45, 2.75) is 6.92 Å². The van der Waals surface area contributed by atoms with E-state index < -0.39 is 5.97 Å². The van der Waals surface area contributed by atoms with Gasteiger partial charge in [-0.15, -0.1) is 0 Å². The number of hydrogen-bond donors (Lipinski definition) is 1. The number of fused-ring (bicyclic) bond motifs is 1. The highest BCUT2D eigenvalue weighted by atomic mass is 16.4. The minimum Gasteiger partial charge on any atom is -0.476 e. The van der Waals surface area contributed by atoms with Crippen LogP contribution in [0.1, 0.15) is 16.1 Å². The molecule has 0 atom stereocenters. The zero-order valence-electron chi connectivity index (χ0n) is 10.4. The highest BCUT2D eigenvalue weighted by molar-refractivity contribution is 5.94. The third-order valence-electron chi connectivity index (χ3n) is 3.09. The van der Waals surface area contributed by atoms with E-state index in [0.29, 0.717) is 11.3 Å². The highest BCUT2D eigenvalue weighted by Gasteiger charge is 2.19. The lowest BCUT2D eigenvalue weighted by atomic mass is 10.1. The van der Waals surface area contributed by atoms with Crippen LogP contribution in [0.2, 0.25) is 0 Å². The summed E-state index contributed by atoms with van der Waals surface area (Å²) in [6.07, 6.45) is 1.84. The first-order valence-electron chi connectivity index (χ1n) is 5.95. The summed E-state index contributed by atoms with van der Waals surface area (Å²) in [4.78, 5) is 15.7. The number of hydrogen-bond acceptors (Lipinski definition) is 2. The Hall–Kier alpha value is -2.62. The number of carbonyl (C=O) groups is 1. The van der Waals surface area contributed by atoms with Crippen LogP contribution < -0.4 is 0 Å². The first kappa shape index (κ1) is 11.5. The zero-order chi connectivity index (χ0) is 13.4. The molecule has 0 unspecified atom stereocenters. The van der Waals surface area contributed by atoms with Crippen molar-refractivity contribution in [1.29, 1.82) is 0 Å². The SMILES string of the molecule is Cc1cccn2c(-c3ccccc3)c(C(=O)O)nc12. The molecule has 1 N–H and O–H groups in total. The van der Waals surface area contributed by atoms with Crippen LogP contribution in [0.25, 0.3) is 16.9 Å². The molecule has 0 saturated carbocycles. The average Bonchev–Trinajstić information content (AvgIpc) is 2.81. The molecule has 0 bridgehead atoms. The van der Waals surface area contributed by atoms with E-state index in [2.05, 4.69) is 4.98 Å². The van der Waals surface area contributed by atoms with Crippen molar-refractivity contribution in [3.63, 3.8) is 0 Å². The second-order valence-electron chi connectivity index (χ2n) is 4.37. The molecule has 0 amide bonds. The summed E-state index contributed by atoms with van der Waals surface area (Å²) in [6, 6.07) is 13.3. The number of pyridine rings is 1. The molecule has 4 nitrogen and oxygen atoms in total. The molecule has 0 radical (unpaired) electrons. The van der Waals surface area contributed by atoms with E-state index in [1.54, 1.807) is 0 Å². The number of aryl methyl sites for hydroxylation is 1. The molecule has 1 aromatic carbocycles. The molecule has 0 saturated heterocycles. The number of imidazole rings is 1. The van der Waals surface area contributed by atoms with E-state index in [1.165, 1.54) is 0 Å². The summed E-state index contributed by atoms with van der Waals surface area (Å²) in [6.45, 7) is 1.92. The van der Waals surface area contributed by atoms with Gasteiger partial charge in [-0.25, -0.2) is 9.78 Å². The van der Waals surface area contributed by atoms with Gasteiger partial charge >= 0.3 is 5.97 Å². The molecular weight excluding hydrogens is 240 g/mol. The molecular formula is C15H12N2O2. The Morgan fingerprint density at radius 1 is 1.16 bits per heavy atom. The van der Waals surface area contributed by atoms with Crippen molar-refractivity contribution < 1.29 is 9.90 Å². The monoisotopic (exact) mass is 252 g/mol. The third kappa shape index (κ3) is 1.78. The van der Waals surface area contributed by atoms with E-state index >= 15 is 0 Å². The van der Waals surface area contributed by atoms with Gasteiger partial charge in [0.25, 0.3) is 0 Å². The molecule has 3 aromatic rings. The van der Waals surface area contributed by atoms with Gasteiger partial charge in [0.2, 0.25) is 0 Å². The number of benzene rings is 1. The van der Waals surface area contributed by atoms with Gasteiger partial charge in [-0.2, -0.15) is 0 Å². The normalized spacial score (nSPS) is 10.8. The molecule has 2 heterocycles. The van der Waals surface area contributed by atoms with Crippen molar-refractivity contribution in [1.82, 2.24) is 9.38 Å². The Kier molecular flexibility index (Phi) is 2.56. The van der Waals surface area contributed by atoms with Crippen molar-refractivity contribution in [2.24, 2.45) is 0 Å². The number of aromatic nitrogens is 2. The predicted molar refractivity (Wildman–Crippen MR) is 72.3 cm³/mol. The average molecular weight is 252 g/mol. The minimum atomic E-state index is -1.01. The zero-order valence-corrected chi connectivity index (χ0v) is 10.4. The van der Waals surface area contributed by atoms with E-state index in [-0.39, 0.29) is 5.69 Å². The van der Waals surface area contributed by atoms with Gasteiger partial charge in [0.1, 0.15) is 5.65 Å². The molecule has 0 aliphatic heterocycles. The lowest BCUT2D eigenvalue weighted by Crippen LogP contribution is -1.99. The van der Waals surface area contributed by atoms with Crippen molar-refractivity contribution in [3.8, 4) is 11.3 Å². The Morgan fingerprint density at radius 2 is 1.89 bits per heavy atom. The van der Waals surface area contributed by atoms with E-state index in [9.17, 15) is 9.90 Å². The van der Waals surface area contributed by atoms with Gasteiger partial charge in [0, 0.05) is 11.8 Å². The van der Waals surface area contributed by atoms with Crippen LogP contribution in [0.3, 0.4) is 0 Å². The summed E-state index contributed by atoms with van der Waals surface area (Å²) in [5, 5.41) is 9.34. The topological polar surface area (TPSA) is 54.6 Å². The maximum absolute atomic E-state index is 11.4. The Bertz CT molecular complexity index is 760. The standard InChI is InChI=1S/C15H12N2O2/c1-10-6-5-9-17-13(11-7-3-2-4-8-11)12(15(18)19)16-14(10)17/h2-9H,1H3,(H,18,19). The summed E-state index contributed by atoms with van der Waals surface area (Å²) in [5.74, 6) is -1.01. The second kappa shape index (κ2) is 4.24. The van der Waals surface area contributed by atoms with Crippen LogP contribution in [-0.2, 0) is 0 Å². The fourth-order valence-electron chi connectivity index (χ4n) is 2.22. The first-order valence-corrected chi connectivity index (χ1v) is 5.95. The number of carboxylic acid groups (broad SMARTS) is 1. The number of nitrogens with zero attached hydrogens (tertiary/aromatic N) is 2. The van der Waals surface area contributed by atoms with Gasteiger partial charge in [0.05, 0.1) is 5.69 Å². The smallest absolute Gasteiger partial charge is 0.356 e. The molecule has 2 aromatic heterocycles. The van der Waals surface area contributed by atoms with Gasteiger partial charge in [-0.1, -0.05) is 36.4 Å². The molecule has 0 aliphatic rings. The van der Waals surface area contributed by atoms with Crippen LogP contribution in [0.5, 0.6) is 0 Å². The Balaban J connectivity index is 2.42. The molecule has 0 aliphatic carbocycles. The fraction of sp³-hybridized carbons (Fsp3) is 0.0667. The van der Waals surface area contributed by atoms with Crippen LogP contribution >= 0.6 is 0 Å². The van der Waals surface area contributed by atoms with E-state index in [1.807, 2.05) is 60.0 Å². The lowest BCUT2D eigenvalue weighted by Gasteiger charge is -2.03. The van der Waals surface area contributed by atoms with Crippen LogP contribution in [0.4, 0.5) is 0 Å². The summed E-state index contributed by atoms with van der Waals surface area (Å²) in [5.41, 5.74) is 3.18. The third-order valence-corrected chi connectivity index (χ3v) is 3.09. The molecule has 3 rings (SSSR count). The molecule has 4 heteroatoms. The van der Waals surface area contributed by atoms with Crippen molar-refractivity contribution in [2.75, 3.05) is 0 Å². The summed E-state index contributed by atoms with van der Waals surface area (Å²) in [7, 11) is 0. The van der Waals surface area contributed by atoms with Gasteiger partial charge in [-0.3, -0.25) is 4.40 Å². The van der Waals surface area contributed by atoms with E-state index in [0.717, 1.165) is 11.1 Å². The van der Waals surface area contributed by atoms with Gasteiger partial charge in [-0.05, 0) is 18.6 Å². The summed E-state index contributed by atoms with van der Waals surface area (Å²) < 4.78 is 1.83. The Morgan fingerprint density at radius 3 is 2.58 bits per heavy atom. The largest absolute Gasteiger partial charge is 0.476 e. The first-order chi connectivity index (χ1) is 9.18. The highest BCUT2D eigenvalue weighted by Crippen LogP contribution is 2.26. The summed E-state index contributed by atoms with van der Waals surface area (Å²) >= 11 is 0. The molecule has 0 spiro atoms. The number of carboxylic acids is 1. The predicted octanol–water partition coefficient (Wildman–Crippen LogP) is 3.01. The van der Waals surface area contributed by atoms with Gasteiger partial charge in [0.15, 0.2) is 5.69 Å². The fourth-order valence-corrected chi connectivity index (χ4v) is 2.22. The maximum atomic E-state index is 11.4. The maximum Gasteiger partial charge on any atom is 0.356 e. The van der Waals surface area contributed by atoms with Crippen molar-refractivity contribution in [3.05, 3.63) is 59.9 Å². The lowest BCUT2D eigenvalue weighted by molar-refractivity contribution is 0.0692. The minimum absolute atomic E-state index is 0.0838. The van der Waals surface area contributed by atoms with Crippen LogP contribution in [0, 0.1) is 6.92 Å². The van der Waals surface area contributed by atoms with Crippen LogP contribution in [0.15, 0.2) is 48.7 Å². The Labute approximate surface area is 110 Å². The molecule has 19 heavy (non-hydrogen) atoms. The quantitative estimate of drug-likeness (QED) is 0.762. The second-order valence-corrected chi connectivity index (χ2v) is 4.37. The van der Waals surface area contributed by atoms with E-state index in [4.69, 9.17) is 0 Å². The van der Waals surface area contributed by atoms with Gasteiger partial charge < -0.3 is 5.11 Å². The van der Waals surface area contributed by atoms with Crippen molar-refractivity contribution >= 4 is 11.6 Å². The number of aromatic carboxylic acids is 1. The van der Waals surface area contributed by atoms with Crippen LogP contribution in [-0.4, -0.2) is 20.5 Å².